The monoisotopic (exact) mass is 226 g/mol. The second kappa shape index (κ2) is 8.34. The van der Waals surface area contributed by atoms with Crippen molar-refractivity contribution in [1.29, 1.82) is 0 Å². The van der Waals surface area contributed by atoms with Gasteiger partial charge >= 0.3 is 0 Å². The highest BCUT2D eigenvalue weighted by atomic mass is 16.2. The van der Waals surface area contributed by atoms with Crippen molar-refractivity contribution in [2.24, 2.45) is 11.7 Å². The smallest absolute Gasteiger partial charge is 0.237 e. The Hall–Kier alpha value is -0.830. The Morgan fingerprint density at radius 2 is 2.12 bits per heavy atom. The van der Waals surface area contributed by atoms with E-state index in [0.29, 0.717) is 0 Å². The first-order valence-electron chi connectivity index (χ1n) is 6.19. The Bertz CT molecular complexity index is 216. The number of unbranched alkanes of at least 4 members (excludes halogenated alkanes) is 1. The van der Waals surface area contributed by atoms with Gasteiger partial charge in [0.05, 0.1) is 6.04 Å². The zero-order valence-corrected chi connectivity index (χ0v) is 10.8. The number of carbonyl (C=O) groups is 1. The first kappa shape index (κ1) is 15.2. The summed E-state index contributed by atoms with van der Waals surface area (Å²) in [7, 11) is 0. The standard InChI is InChI=1S/C13H26N2O/c1-5-7-8-9-11(4)15-13(16)12(14)10(3)6-2/h5,10-12H,1,6-9,14H2,2-4H3,(H,15,16). The molecule has 3 N–H and O–H groups in total. The van der Waals surface area contributed by atoms with Gasteiger partial charge < -0.3 is 11.1 Å². The molecular formula is C13H26N2O. The Labute approximate surface area is 99.5 Å². The lowest BCUT2D eigenvalue weighted by atomic mass is 9.99. The number of amides is 1. The number of nitrogens with one attached hydrogen (secondary N) is 1. The van der Waals surface area contributed by atoms with Crippen LogP contribution in [-0.2, 0) is 4.79 Å². The minimum absolute atomic E-state index is 0.0274. The van der Waals surface area contributed by atoms with Gasteiger partial charge in [-0.25, -0.2) is 0 Å². The van der Waals surface area contributed by atoms with Crippen molar-refractivity contribution in [3.8, 4) is 0 Å². The number of carbonyl (C=O) groups excluding carboxylic acids is 1. The fraction of sp³-hybridized carbons (Fsp3) is 0.769. The second-order valence-electron chi connectivity index (χ2n) is 4.54. The minimum atomic E-state index is -0.383. The van der Waals surface area contributed by atoms with Crippen LogP contribution >= 0.6 is 0 Å². The Morgan fingerprint density at radius 1 is 1.50 bits per heavy atom. The van der Waals surface area contributed by atoms with Gasteiger partial charge in [-0.05, 0) is 32.1 Å². The SMILES string of the molecule is C=CCCCC(C)NC(=O)C(N)C(C)CC. The van der Waals surface area contributed by atoms with Gasteiger partial charge in [0.1, 0.15) is 0 Å². The lowest BCUT2D eigenvalue weighted by Gasteiger charge is -2.21. The van der Waals surface area contributed by atoms with Crippen molar-refractivity contribution >= 4 is 5.91 Å². The number of hydrogen-bond donors (Lipinski definition) is 2. The van der Waals surface area contributed by atoms with Crippen LogP contribution in [0, 0.1) is 5.92 Å². The third kappa shape index (κ3) is 5.91. The van der Waals surface area contributed by atoms with E-state index in [-0.39, 0.29) is 23.9 Å². The molecule has 94 valence electrons. The van der Waals surface area contributed by atoms with Crippen molar-refractivity contribution in [3.05, 3.63) is 12.7 Å². The van der Waals surface area contributed by atoms with Crippen LogP contribution in [0.3, 0.4) is 0 Å². The Balaban J connectivity index is 3.89. The molecule has 0 aliphatic carbocycles. The van der Waals surface area contributed by atoms with Crippen molar-refractivity contribution in [1.82, 2.24) is 5.32 Å². The van der Waals surface area contributed by atoms with Gasteiger partial charge in [0.25, 0.3) is 0 Å². The first-order chi connectivity index (χ1) is 7.52. The Kier molecular flexibility index (Phi) is 7.90. The van der Waals surface area contributed by atoms with Crippen LogP contribution in [0.1, 0.15) is 46.5 Å². The van der Waals surface area contributed by atoms with Crippen molar-refractivity contribution < 1.29 is 4.79 Å². The van der Waals surface area contributed by atoms with E-state index in [1.807, 2.05) is 26.8 Å². The number of hydrogen-bond acceptors (Lipinski definition) is 2. The summed E-state index contributed by atoms with van der Waals surface area (Å²) in [5, 5.41) is 2.96. The van der Waals surface area contributed by atoms with Gasteiger partial charge in [-0.2, -0.15) is 0 Å². The molecule has 0 aliphatic heterocycles. The van der Waals surface area contributed by atoms with Gasteiger partial charge in [0.2, 0.25) is 5.91 Å². The van der Waals surface area contributed by atoms with E-state index in [4.69, 9.17) is 5.73 Å². The van der Waals surface area contributed by atoms with E-state index in [1.54, 1.807) is 0 Å². The van der Waals surface area contributed by atoms with Gasteiger partial charge in [0.15, 0.2) is 0 Å². The van der Waals surface area contributed by atoms with Crippen LogP contribution in [0.5, 0.6) is 0 Å². The zero-order valence-electron chi connectivity index (χ0n) is 10.8. The molecule has 0 aromatic heterocycles. The van der Waals surface area contributed by atoms with Crippen molar-refractivity contribution in [2.75, 3.05) is 0 Å². The molecule has 1 amide bonds. The van der Waals surface area contributed by atoms with Gasteiger partial charge in [-0.1, -0.05) is 26.3 Å². The molecule has 0 rings (SSSR count). The maximum Gasteiger partial charge on any atom is 0.237 e. The van der Waals surface area contributed by atoms with Crippen LogP contribution < -0.4 is 11.1 Å². The predicted octanol–water partition coefficient (Wildman–Crippen LogP) is 2.22. The number of nitrogens with two attached hydrogens (primary N) is 1. The molecule has 0 heterocycles. The molecule has 3 heteroatoms. The molecule has 0 saturated heterocycles. The maximum absolute atomic E-state index is 11.7. The molecule has 3 atom stereocenters. The molecule has 0 aromatic carbocycles. The van der Waals surface area contributed by atoms with Gasteiger partial charge in [0, 0.05) is 6.04 Å². The van der Waals surface area contributed by atoms with Crippen molar-refractivity contribution in [3.63, 3.8) is 0 Å². The third-order valence-corrected chi connectivity index (χ3v) is 2.99. The highest BCUT2D eigenvalue weighted by Crippen LogP contribution is 2.06. The zero-order chi connectivity index (χ0) is 12.6. The molecule has 0 bridgehead atoms. The molecule has 0 fully saturated rings. The lowest BCUT2D eigenvalue weighted by molar-refractivity contribution is -0.124. The predicted molar refractivity (Wildman–Crippen MR) is 69.1 cm³/mol. The van der Waals surface area contributed by atoms with E-state index >= 15 is 0 Å². The lowest BCUT2D eigenvalue weighted by Crippen LogP contribution is -2.47. The minimum Gasteiger partial charge on any atom is -0.352 e. The molecular weight excluding hydrogens is 200 g/mol. The largest absolute Gasteiger partial charge is 0.352 e. The van der Waals surface area contributed by atoms with E-state index in [9.17, 15) is 4.79 Å². The molecule has 3 unspecified atom stereocenters. The summed E-state index contributed by atoms with van der Waals surface area (Å²) in [6, 6.07) is -0.186. The molecule has 0 radical (unpaired) electrons. The van der Waals surface area contributed by atoms with Crippen LogP contribution in [-0.4, -0.2) is 18.0 Å². The van der Waals surface area contributed by atoms with Crippen LogP contribution in [0.2, 0.25) is 0 Å². The molecule has 16 heavy (non-hydrogen) atoms. The molecule has 0 saturated carbocycles. The van der Waals surface area contributed by atoms with Gasteiger partial charge in [-0.15, -0.1) is 6.58 Å². The summed E-state index contributed by atoms with van der Waals surface area (Å²) in [4.78, 5) is 11.7. The average molecular weight is 226 g/mol. The Morgan fingerprint density at radius 3 is 2.62 bits per heavy atom. The number of allylic oxidation sites excluding steroid dienone is 1. The summed E-state index contributed by atoms with van der Waals surface area (Å²) in [6.07, 6.45) is 5.87. The highest BCUT2D eigenvalue weighted by Gasteiger charge is 2.20. The van der Waals surface area contributed by atoms with E-state index in [0.717, 1.165) is 25.7 Å². The number of rotatable bonds is 8. The second-order valence-corrected chi connectivity index (χ2v) is 4.54. The topological polar surface area (TPSA) is 55.1 Å². The highest BCUT2D eigenvalue weighted by molar-refractivity contribution is 5.82. The molecule has 0 spiro atoms. The van der Waals surface area contributed by atoms with E-state index < -0.39 is 0 Å². The summed E-state index contributed by atoms with van der Waals surface area (Å²) in [5.41, 5.74) is 5.85. The fourth-order valence-corrected chi connectivity index (χ4v) is 1.49. The van der Waals surface area contributed by atoms with Crippen LogP contribution in [0.15, 0.2) is 12.7 Å². The average Bonchev–Trinajstić information content (AvgIpc) is 2.27. The summed E-state index contributed by atoms with van der Waals surface area (Å²) >= 11 is 0. The third-order valence-electron chi connectivity index (χ3n) is 2.99. The summed E-state index contributed by atoms with van der Waals surface area (Å²) in [5.74, 6) is 0.209. The first-order valence-corrected chi connectivity index (χ1v) is 6.19. The van der Waals surface area contributed by atoms with Crippen LogP contribution in [0.4, 0.5) is 0 Å². The van der Waals surface area contributed by atoms with Gasteiger partial charge in [-0.3, -0.25) is 4.79 Å². The van der Waals surface area contributed by atoms with Crippen molar-refractivity contribution in [2.45, 2.75) is 58.5 Å². The quantitative estimate of drug-likeness (QED) is 0.492. The summed E-state index contributed by atoms with van der Waals surface area (Å²) < 4.78 is 0. The van der Waals surface area contributed by atoms with E-state index in [2.05, 4.69) is 11.9 Å². The molecule has 0 aromatic rings. The normalized spacial score (nSPS) is 16.2. The van der Waals surface area contributed by atoms with E-state index in [1.165, 1.54) is 0 Å². The molecule has 0 aliphatic rings. The molecule has 3 nitrogen and oxygen atoms in total. The maximum atomic E-state index is 11.7. The fourth-order valence-electron chi connectivity index (χ4n) is 1.49. The summed E-state index contributed by atoms with van der Waals surface area (Å²) in [6.45, 7) is 9.75. The van der Waals surface area contributed by atoms with Crippen LogP contribution in [0.25, 0.3) is 0 Å².